The maximum absolute atomic E-state index is 12.3. The monoisotopic (exact) mass is 333 g/mol. The molecule has 0 fully saturated rings. The Labute approximate surface area is 136 Å². The molecule has 0 bridgehead atoms. The van der Waals surface area contributed by atoms with Gasteiger partial charge in [0.05, 0.1) is 12.4 Å². The molecule has 0 heterocycles. The Kier molecular flexibility index (Phi) is 5.52. The highest BCUT2D eigenvalue weighted by Gasteiger charge is 2.10. The molecule has 1 N–H and O–H groups in total. The van der Waals surface area contributed by atoms with Crippen molar-refractivity contribution in [1.29, 1.82) is 0 Å². The number of hydrogen-bond donors (Lipinski definition) is 1. The van der Waals surface area contributed by atoms with Gasteiger partial charge in [0.15, 0.2) is 9.84 Å². The highest BCUT2D eigenvalue weighted by atomic mass is 32.2. The van der Waals surface area contributed by atoms with Gasteiger partial charge in [0.1, 0.15) is 0 Å². The van der Waals surface area contributed by atoms with E-state index in [-0.39, 0.29) is 11.7 Å². The Morgan fingerprint density at radius 3 is 2.48 bits per heavy atom. The van der Waals surface area contributed by atoms with Crippen molar-refractivity contribution in [3.63, 3.8) is 0 Å². The second-order valence-electron chi connectivity index (χ2n) is 5.36. The molecule has 0 aliphatic heterocycles. The first-order valence-electron chi connectivity index (χ1n) is 7.03. The van der Waals surface area contributed by atoms with Gasteiger partial charge in [-0.2, -0.15) is 0 Å². The molecule has 0 atom stereocenters. The minimum absolute atomic E-state index is 0.0859. The van der Waals surface area contributed by atoms with Gasteiger partial charge >= 0.3 is 0 Å². The van der Waals surface area contributed by atoms with Crippen LogP contribution in [0.15, 0.2) is 48.5 Å². The van der Waals surface area contributed by atoms with Crippen molar-refractivity contribution < 1.29 is 17.9 Å². The number of hydrogen-bond acceptors (Lipinski definition) is 4. The van der Waals surface area contributed by atoms with E-state index in [9.17, 15) is 13.2 Å². The average molecular weight is 333 g/mol. The fourth-order valence-corrected chi connectivity index (χ4v) is 3.00. The van der Waals surface area contributed by atoms with E-state index in [1.807, 2.05) is 18.2 Å². The Balaban J connectivity index is 2.14. The van der Waals surface area contributed by atoms with Gasteiger partial charge < -0.3 is 10.1 Å². The van der Waals surface area contributed by atoms with Crippen LogP contribution in [0, 0.1) is 0 Å². The van der Waals surface area contributed by atoms with Crippen LogP contribution < -0.4 is 5.32 Å². The number of sulfone groups is 1. The molecule has 0 saturated heterocycles. The quantitative estimate of drug-likeness (QED) is 0.882. The molecule has 0 radical (unpaired) electrons. The highest BCUT2D eigenvalue weighted by molar-refractivity contribution is 7.89. The van der Waals surface area contributed by atoms with E-state index in [1.165, 1.54) is 6.26 Å². The number of ether oxygens (including phenoxy) is 1. The minimum atomic E-state index is -3.14. The summed E-state index contributed by atoms with van der Waals surface area (Å²) in [5.41, 5.74) is 2.63. The second kappa shape index (κ2) is 7.39. The van der Waals surface area contributed by atoms with Gasteiger partial charge in [-0.15, -0.1) is 0 Å². The van der Waals surface area contributed by atoms with E-state index in [2.05, 4.69) is 5.32 Å². The Bertz CT molecular complexity index is 800. The molecule has 0 aliphatic carbocycles. The minimum Gasteiger partial charge on any atom is -0.380 e. The number of nitrogens with one attached hydrogen (secondary N) is 1. The summed E-state index contributed by atoms with van der Waals surface area (Å²) in [6, 6.07) is 14.0. The fraction of sp³-hybridized carbons (Fsp3) is 0.235. The number of anilines is 1. The maximum Gasteiger partial charge on any atom is 0.255 e. The summed E-state index contributed by atoms with van der Waals surface area (Å²) in [7, 11) is -1.53. The molecule has 6 heteroatoms. The summed E-state index contributed by atoms with van der Waals surface area (Å²) in [4.78, 5) is 12.3. The van der Waals surface area contributed by atoms with Crippen LogP contribution >= 0.6 is 0 Å². The van der Waals surface area contributed by atoms with Gasteiger partial charge in [0, 0.05) is 24.6 Å². The van der Waals surface area contributed by atoms with E-state index < -0.39 is 9.84 Å². The maximum atomic E-state index is 12.3. The molecular formula is C17H19NO4S. The number of rotatable bonds is 6. The normalized spacial score (nSPS) is 11.2. The van der Waals surface area contributed by atoms with E-state index in [1.54, 1.807) is 37.4 Å². The third-order valence-corrected chi connectivity index (χ3v) is 3.97. The number of amides is 1. The van der Waals surface area contributed by atoms with Crippen molar-refractivity contribution in [3.05, 3.63) is 65.2 Å². The van der Waals surface area contributed by atoms with E-state index in [0.29, 0.717) is 23.4 Å². The third kappa shape index (κ3) is 5.50. The van der Waals surface area contributed by atoms with Gasteiger partial charge in [-0.05, 0) is 35.4 Å². The van der Waals surface area contributed by atoms with E-state index in [4.69, 9.17) is 4.74 Å². The van der Waals surface area contributed by atoms with Crippen LogP contribution in [0.25, 0.3) is 0 Å². The lowest BCUT2D eigenvalue weighted by atomic mass is 10.1. The van der Waals surface area contributed by atoms with Crippen LogP contribution in [0.3, 0.4) is 0 Å². The first-order chi connectivity index (χ1) is 10.9. The summed E-state index contributed by atoms with van der Waals surface area (Å²) in [5, 5.41) is 2.80. The summed E-state index contributed by atoms with van der Waals surface area (Å²) in [5.74, 6) is -0.368. The average Bonchev–Trinajstić information content (AvgIpc) is 2.46. The summed E-state index contributed by atoms with van der Waals surface area (Å²) < 4.78 is 27.8. The molecule has 5 nitrogen and oxygen atoms in total. The largest absolute Gasteiger partial charge is 0.380 e. The molecule has 23 heavy (non-hydrogen) atoms. The Morgan fingerprint density at radius 2 is 1.78 bits per heavy atom. The molecule has 0 saturated carbocycles. The summed E-state index contributed by atoms with van der Waals surface area (Å²) >= 11 is 0. The molecule has 0 unspecified atom stereocenters. The van der Waals surface area contributed by atoms with Gasteiger partial charge in [-0.1, -0.05) is 24.3 Å². The van der Waals surface area contributed by atoms with E-state index >= 15 is 0 Å². The molecule has 2 rings (SSSR count). The predicted octanol–water partition coefficient (Wildman–Crippen LogP) is 2.63. The third-order valence-electron chi connectivity index (χ3n) is 3.11. The number of methoxy groups -OCH3 is 1. The zero-order valence-electron chi connectivity index (χ0n) is 13.1. The number of carbonyl (C=O) groups excluding carboxylic acids is 1. The molecular weight excluding hydrogens is 314 g/mol. The molecule has 0 aromatic heterocycles. The Morgan fingerprint density at radius 1 is 1.09 bits per heavy atom. The Hall–Kier alpha value is -2.18. The van der Waals surface area contributed by atoms with Crippen molar-refractivity contribution in [2.45, 2.75) is 12.4 Å². The zero-order valence-corrected chi connectivity index (χ0v) is 13.9. The SMILES string of the molecule is COCc1cccc(NC(=O)c2cccc(CS(C)(=O)=O)c2)c1. The standard InChI is InChI=1S/C17H19NO4S/c1-22-11-13-5-4-8-16(10-13)18-17(19)15-7-3-6-14(9-15)12-23(2,20)21/h3-10H,11-12H2,1-2H3,(H,18,19). The lowest BCUT2D eigenvalue weighted by Crippen LogP contribution is -2.12. The molecule has 122 valence electrons. The molecule has 1 amide bonds. The smallest absolute Gasteiger partial charge is 0.255 e. The number of carbonyl (C=O) groups is 1. The van der Waals surface area contributed by atoms with Gasteiger partial charge in [0.2, 0.25) is 0 Å². The second-order valence-corrected chi connectivity index (χ2v) is 7.50. The lowest BCUT2D eigenvalue weighted by molar-refractivity contribution is 0.102. The van der Waals surface area contributed by atoms with Crippen LogP contribution in [0.5, 0.6) is 0 Å². The van der Waals surface area contributed by atoms with Gasteiger partial charge in [0.25, 0.3) is 5.91 Å². The topological polar surface area (TPSA) is 72.5 Å². The van der Waals surface area contributed by atoms with Gasteiger partial charge in [-0.3, -0.25) is 4.79 Å². The number of benzene rings is 2. The van der Waals surface area contributed by atoms with Gasteiger partial charge in [-0.25, -0.2) is 8.42 Å². The van der Waals surface area contributed by atoms with Crippen molar-refractivity contribution in [2.24, 2.45) is 0 Å². The summed E-state index contributed by atoms with van der Waals surface area (Å²) in [6.07, 6.45) is 1.17. The first kappa shape index (κ1) is 17.2. The first-order valence-corrected chi connectivity index (χ1v) is 9.09. The van der Waals surface area contributed by atoms with Crippen LogP contribution in [0.2, 0.25) is 0 Å². The summed E-state index contributed by atoms with van der Waals surface area (Å²) in [6.45, 7) is 0.466. The van der Waals surface area contributed by atoms with Crippen molar-refractivity contribution in [2.75, 3.05) is 18.7 Å². The molecule has 0 aliphatic rings. The zero-order chi connectivity index (χ0) is 16.9. The van der Waals surface area contributed by atoms with Crippen LogP contribution in [0.1, 0.15) is 21.5 Å². The van der Waals surface area contributed by atoms with Crippen molar-refractivity contribution >= 4 is 21.4 Å². The fourth-order valence-electron chi connectivity index (χ4n) is 2.21. The van der Waals surface area contributed by atoms with Crippen molar-refractivity contribution in [1.82, 2.24) is 0 Å². The molecule has 0 spiro atoms. The van der Waals surface area contributed by atoms with Crippen molar-refractivity contribution in [3.8, 4) is 0 Å². The lowest BCUT2D eigenvalue weighted by Gasteiger charge is -2.08. The highest BCUT2D eigenvalue weighted by Crippen LogP contribution is 2.14. The van der Waals surface area contributed by atoms with E-state index in [0.717, 1.165) is 5.56 Å². The van der Waals surface area contributed by atoms with Crippen LogP contribution in [-0.4, -0.2) is 27.7 Å². The molecule has 2 aromatic carbocycles. The predicted molar refractivity (Wildman–Crippen MR) is 90.1 cm³/mol. The van der Waals surface area contributed by atoms with Crippen LogP contribution in [0.4, 0.5) is 5.69 Å². The molecule has 2 aromatic rings. The van der Waals surface area contributed by atoms with Crippen LogP contribution in [-0.2, 0) is 26.9 Å².